The van der Waals surface area contributed by atoms with Crippen molar-refractivity contribution in [2.45, 2.75) is 0 Å². The summed E-state index contributed by atoms with van der Waals surface area (Å²) < 4.78 is 13.2. The number of carbonyl (C=O) groups is 1. The SMILES string of the molecule is O=C(Nc1ccc(Cl)c(F)c1)c1cc(Cl)nc(Cl)c1. The molecular weight excluding hydrogens is 314 g/mol. The molecule has 0 saturated carbocycles. The molecule has 2 rings (SSSR count). The van der Waals surface area contributed by atoms with Gasteiger partial charge in [-0.1, -0.05) is 34.8 Å². The summed E-state index contributed by atoms with van der Waals surface area (Å²) in [4.78, 5) is 15.6. The smallest absolute Gasteiger partial charge is 0.255 e. The van der Waals surface area contributed by atoms with E-state index < -0.39 is 11.7 Å². The molecule has 0 atom stereocenters. The number of anilines is 1. The molecule has 1 N–H and O–H groups in total. The molecule has 0 fully saturated rings. The molecule has 0 spiro atoms. The van der Waals surface area contributed by atoms with E-state index in [1.807, 2.05) is 0 Å². The molecule has 1 aromatic carbocycles. The van der Waals surface area contributed by atoms with E-state index in [4.69, 9.17) is 34.8 Å². The number of hydrogen-bond acceptors (Lipinski definition) is 2. The Morgan fingerprint density at radius 2 is 1.74 bits per heavy atom. The molecule has 0 radical (unpaired) electrons. The minimum absolute atomic E-state index is 0.0204. The van der Waals surface area contributed by atoms with Gasteiger partial charge in [0.15, 0.2) is 0 Å². The Labute approximate surface area is 123 Å². The maximum atomic E-state index is 13.2. The zero-order chi connectivity index (χ0) is 14.0. The number of amides is 1. The molecule has 2 aromatic rings. The Hall–Kier alpha value is -1.36. The molecule has 19 heavy (non-hydrogen) atoms. The van der Waals surface area contributed by atoms with Gasteiger partial charge in [-0.15, -0.1) is 0 Å². The van der Waals surface area contributed by atoms with E-state index in [2.05, 4.69) is 10.3 Å². The number of carbonyl (C=O) groups excluding carboxylic acids is 1. The van der Waals surface area contributed by atoms with Crippen molar-refractivity contribution < 1.29 is 9.18 Å². The molecule has 0 saturated heterocycles. The predicted octanol–water partition coefficient (Wildman–Crippen LogP) is 4.43. The minimum Gasteiger partial charge on any atom is -0.322 e. The third-order valence-corrected chi connectivity index (χ3v) is 2.90. The number of nitrogens with zero attached hydrogens (tertiary/aromatic N) is 1. The first kappa shape index (κ1) is 14.1. The summed E-state index contributed by atoms with van der Waals surface area (Å²) in [6, 6.07) is 6.65. The third kappa shape index (κ3) is 3.56. The fourth-order valence-corrected chi connectivity index (χ4v) is 1.95. The van der Waals surface area contributed by atoms with Gasteiger partial charge in [0.05, 0.1) is 5.02 Å². The van der Waals surface area contributed by atoms with Gasteiger partial charge in [-0.25, -0.2) is 9.37 Å². The Morgan fingerprint density at radius 3 is 2.32 bits per heavy atom. The molecule has 98 valence electrons. The van der Waals surface area contributed by atoms with Crippen LogP contribution in [0.15, 0.2) is 30.3 Å². The topological polar surface area (TPSA) is 42.0 Å². The molecule has 0 aliphatic rings. The third-order valence-electron chi connectivity index (χ3n) is 2.20. The predicted molar refractivity (Wildman–Crippen MR) is 73.6 cm³/mol. The molecule has 0 aliphatic heterocycles. The van der Waals surface area contributed by atoms with Gasteiger partial charge in [-0.05, 0) is 30.3 Å². The van der Waals surface area contributed by atoms with E-state index in [0.717, 1.165) is 6.07 Å². The van der Waals surface area contributed by atoms with E-state index >= 15 is 0 Å². The summed E-state index contributed by atoms with van der Waals surface area (Å²) in [5.74, 6) is -1.10. The number of benzene rings is 1. The lowest BCUT2D eigenvalue weighted by molar-refractivity contribution is 0.102. The average molecular weight is 320 g/mol. The zero-order valence-corrected chi connectivity index (χ0v) is 11.5. The second-order valence-corrected chi connectivity index (χ2v) is 4.77. The fourth-order valence-electron chi connectivity index (χ4n) is 1.37. The lowest BCUT2D eigenvalue weighted by Gasteiger charge is -2.06. The van der Waals surface area contributed by atoms with Crippen LogP contribution in [0.1, 0.15) is 10.4 Å². The number of pyridine rings is 1. The standard InChI is InChI=1S/C12H6Cl3FN2O/c13-8-2-1-7(5-9(8)16)17-12(19)6-3-10(14)18-11(15)4-6/h1-5H,(H,17,19). The fraction of sp³-hybridized carbons (Fsp3) is 0. The van der Waals surface area contributed by atoms with E-state index in [1.165, 1.54) is 24.3 Å². The van der Waals surface area contributed by atoms with Crippen molar-refractivity contribution in [3.05, 3.63) is 57.0 Å². The van der Waals surface area contributed by atoms with Crippen molar-refractivity contribution >= 4 is 46.4 Å². The van der Waals surface area contributed by atoms with E-state index in [0.29, 0.717) is 0 Å². The summed E-state index contributed by atoms with van der Waals surface area (Å²) in [6.07, 6.45) is 0. The van der Waals surface area contributed by atoms with Crippen molar-refractivity contribution in [3.63, 3.8) is 0 Å². The molecule has 0 bridgehead atoms. The molecule has 0 unspecified atom stereocenters. The van der Waals surface area contributed by atoms with Gasteiger partial charge >= 0.3 is 0 Å². The van der Waals surface area contributed by atoms with E-state index in [-0.39, 0.29) is 26.6 Å². The van der Waals surface area contributed by atoms with Gasteiger partial charge < -0.3 is 5.32 Å². The van der Waals surface area contributed by atoms with Crippen molar-refractivity contribution in [2.24, 2.45) is 0 Å². The normalized spacial score (nSPS) is 10.3. The van der Waals surface area contributed by atoms with Crippen LogP contribution in [0.5, 0.6) is 0 Å². The lowest BCUT2D eigenvalue weighted by Crippen LogP contribution is -2.12. The van der Waals surface area contributed by atoms with Crippen molar-refractivity contribution in [2.75, 3.05) is 5.32 Å². The van der Waals surface area contributed by atoms with Gasteiger partial charge in [0.25, 0.3) is 5.91 Å². The van der Waals surface area contributed by atoms with Crippen LogP contribution in [-0.2, 0) is 0 Å². The Bertz CT molecular complexity index is 629. The Morgan fingerprint density at radius 1 is 1.11 bits per heavy atom. The lowest BCUT2D eigenvalue weighted by atomic mass is 10.2. The molecule has 1 heterocycles. The van der Waals surface area contributed by atoms with E-state index in [9.17, 15) is 9.18 Å². The van der Waals surface area contributed by atoms with Crippen LogP contribution in [0, 0.1) is 5.82 Å². The highest BCUT2D eigenvalue weighted by atomic mass is 35.5. The number of nitrogens with one attached hydrogen (secondary N) is 1. The molecule has 0 aliphatic carbocycles. The van der Waals surface area contributed by atoms with Crippen LogP contribution < -0.4 is 5.32 Å². The highest BCUT2D eigenvalue weighted by molar-refractivity contribution is 6.33. The number of rotatable bonds is 2. The van der Waals surface area contributed by atoms with Crippen LogP contribution >= 0.6 is 34.8 Å². The largest absolute Gasteiger partial charge is 0.322 e. The quantitative estimate of drug-likeness (QED) is 0.832. The molecular formula is C12H6Cl3FN2O. The minimum atomic E-state index is -0.620. The molecule has 1 amide bonds. The van der Waals surface area contributed by atoms with Gasteiger partial charge in [0.2, 0.25) is 0 Å². The maximum Gasteiger partial charge on any atom is 0.255 e. The van der Waals surface area contributed by atoms with Crippen LogP contribution in [0.3, 0.4) is 0 Å². The summed E-state index contributed by atoms with van der Waals surface area (Å²) in [7, 11) is 0. The Balaban J connectivity index is 2.22. The highest BCUT2D eigenvalue weighted by Gasteiger charge is 2.10. The van der Waals surface area contributed by atoms with Crippen LogP contribution in [0.25, 0.3) is 0 Å². The van der Waals surface area contributed by atoms with Gasteiger partial charge in [-0.3, -0.25) is 4.79 Å². The van der Waals surface area contributed by atoms with Crippen LogP contribution in [0.4, 0.5) is 10.1 Å². The van der Waals surface area contributed by atoms with Gasteiger partial charge in [-0.2, -0.15) is 0 Å². The second kappa shape index (κ2) is 5.74. The molecule has 7 heteroatoms. The summed E-state index contributed by atoms with van der Waals surface area (Å²) >= 11 is 16.9. The summed E-state index contributed by atoms with van der Waals surface area (Å²) in [5.41, 5.74) is 0.497. The van der Waals surface area contributed by atoms with Crippen LogP contribution in [0.2, 0.25) is 15.3 Å². The second-order valence-electron chi connectivity index (χ2n) is 3.58. The first-order valence-electron chi connectivity index (χ1n) is 5.05. The number of hydrogen-bond donors (Lipinski definition) is 1. The van der Waals surface area contributed by atoms with Gasteiger partial charge in [0, 0.05) is 11.3 Å². The average Bonchev–Trinajstić information content (AvgIpc) is 2.32. The van der Waals surface area contributed by atoms with Crippen molar-refractivity contribution in [1.29, 1.82) is 0 Å². The Kier molecular flexibility index (Phi) is 4.24. The van der Waals surface area contributed by atoms with Crippen molar-refractivity contribution in [3.8, 4) is 0 Å². The highest BCUT2D eigenvalue weighted by Crippen LogP contribution is 2.20. The first-order valence-corrected chi connectivity index (χ1v) is 6.18. The van der Waals surface area contributed by atoms with E-state index in [1.54, 1.807) is 0 Å². The summed E-state index contributed by atoms with van der Waals surface area (Å²) in [6.45, 7) is 0. The summed E-state index contributed by atoms with van der Waals surface area (Å²) in [5, 5.41) is 2.67. The zero-order valence-electron chi connectivity index (χ0n) is 9.25. The van der Waals surface area contributed by atoms with Gasteiger partial charge in [0.1, 0.15) is 16.1 Å². The van der Waals surface area contributed by atoms with Crippen molar-refractivity contribution in [1.82, 2.24) is 4.98 Å². The maximum absolute atomic E-state index is 13.2. The monoisotopic (exact) mass is 318 g/mol. The molecule has 1 aromatic heterocycles. The molecule has 3 nitrogen and oxygen atoms in total. The first-order chi connectivity index (χ1) is 8.95. The van der Waals surface area contributed by atoms with Crippen LogP contribution in [-0.4, -0.2) is 10.9 Å². The number of halogens is 4. The number of aromatic nitrogens is 1.